The summed E-state index contributed by atoms with van der Waals surface area (Å²) in [5.74, 6) is 0. The van der Waals surface area contributed by atoms with Crippen molar-refractivity contribution in [1.29, 1.82) is 0 Å². The molecule has 17 heavy (non-hydrogen) atoms. The fourth-order valence-electron chi connectivity index (χ4n) is 3.38. The van der Waals surface area contributed by atoms with Crippen molar-refractivity contribution in [1.82, 2.24) is 10.2 Å². The molecule has 1 aliphatic rings. The minimum absolute atomic E-state index is 0.672. The molecule has 1 aliphatic heterocycles. The van der Waals surface area contributed by atoms with E-state index in [1.54, 1.807) is 0 Å². The molecule has 3 unspecified atom stereocenters. The molecule has 0 saturated carbocycles. The Morgan fingerprint density at radius 3 is 2.59 bits per heavy atom. The van der Waals surface area contributed by atoms with Gasteiger partial charge in [-0.3, -0.25) is 4.90 Å². The number of nitrogens with zero attached hydrogens (tertiary/aromatic N) is 1. The van der Waals surface area contributed by atoms with E-state index >= 15 is 0 Å². The topological polar surface area (TPSA) is 15.3 Å². The van der Waals surface area contributed by atoms with Gasteiger partial charge in [0.15, 0.2) is 0 Å². The van der Waals surface area contributed by atoms with Crippen LogP contribution in [0.1, 0.15) is 65.7 Å². The van der Waals surface area contributed by atoms with Gasteiger partial charge in [-0.25, -0.2) is 0 Å². The molecule has 0 aromatic carbocycles. The van der Waals surface area contributed by atoms with Gasteiger partial charge in [0.1, 0.15) is 0 Å². The molecule has 0 aliphatic carbocycles. The maximum absolute atomic E-state index is 3.55. The fraction of sp³-hybridized carbons (Fsp3) is 1.00. The van der Waals surface area contributed by atoms with Crippen LogP contribution in [0.5, 0.6) is 0 Å². The lowest BCUT2D eigenvalue weighted by molar-refractivity contribution is 0.110. The number of likely N-dealkylation sites (tertiary alicyclic amines) is 1. The first kappa shape index (κ1) is 15.0. The van der Waals surface area contributed by atoms with Crippen molar-refractivity contribution in [2.24, 2.45) is 0 Å². The Balaban J connectivity index is 2.67. The van der Waals surface area contributed by atoms with Crippen molar-refractivity contribution in [2.75, 3.05) is 13.6 Å². The molecular weight excluding hydrogens is 208 g/mol. The molecule has 2 nitrogen and oxygen atoms in total. The third-order valence-corrected chi connectivity index (χ3v) is 4.38. The van der Waals surface area contributed by atoms with Crippen LogP contribution < -0.4 is 5.32 Å². The van der Waals surface area contributed by atoms with E-state index in [0.717, 1.165) is 12.1 Å². The van der Waals surface area contributed by atoms with Gasteiger partial charge < -0.3 is 5.32 Å². The molecule has 0 bridgehead atoms. The molecule has 102 valence electrons. The highest BCUT2D eigenvalue weighted by Crippen LogP contribution is 2.23. The predicted octanol–water partition coefficient (Wildman–Crippen LogP) is 3.42. The lowest BCUT2D eigenvalue weighted by Crippen LogP contribution is -2.51. The lowest BCUT2D eigenvalue weighted by Gasteiger charge is -2.39. The smallest absolute Gasteiger partial charge is 0.0249 e. The van der Waals surface area contributed by atoms with E-state index in [0.29, 0.717) is 6.04 Å². The second-order valence-electron chi connectivity index (χ2n) is 5.60. The zero-order valence-electron chi connectivity index (χ0n) is 12.3. The summed E-state index contributed by atoms with van der Waals surface area (Å²) < 4.78 is 0. The fourth-order valence-corrected chi connectivity index (χ4v) is 3.38. The molecule has 1 N–H and O–H groups in total. The summed E-state index contributed by atoms with van der Waals surface area (Å²) in [4.78, 5) is 2.78. The Labute approximate surface area is 108 Å². The molecule has 0 amide bonds. The largest absolute Gasteiger partial charge is 0.315 e. The summed E-state index contributed by atoms with van der Waals surface area (Å²) in [5.41, 5.74) is 0. The highest BCUT2D eigenvalue weighted by Gasteiger charge is 2.28. The van der Waals surface area contributed by atoms with Crippen LogP contribution >= 0.6 is 0 Å². The molecular formula is C15H32N2. The van der Waals surface area contributed by atoms with Gasteiger partial charge in [0.05, 0.1) is 0 Å². The van der Waals surface area contributed by atoms with Crippen molar-refractivity contribution >= 4 is 0 Å². The van der Waals surface area contributed by atoms with Crippen molar-refractivity contribution in [2.45, 2.75) is 83.8 Å². The molecule has 1 fully saturated rings. The molecule has 1 saturated heterocycles. The van der Waals surface area contributed by atoms with Crippen LogP contribution in [0, 0.1) is 0 Å². The highest BCUT2D eigenvalue weighted by atomic mass is 15.2. The molecule has 0 radical (unpaired) electrons. The summed E-state index contributed by atoms with van der Waals surface area (Å²) in [7, 11) is 2.13. The third kappa shape index (κ3) is 4.26. The van der Waals surface area contributed by atoms with Gasteiger partial charge in [-0.1, -0.05) is 33.1 Å². The molecule has 2 heteroatoms. The monoisotopic (exact) mass is 240 g/mol. The van der Waals surface area contributed by atoms with Crippen LogP contribution in [-0.2, 0) is 0 Å². The second-order valence-corrected chi connectivity index (χ2v) is 5.60. The van der Waals surface area contributed by atoms with E-state index in [1.807, 2.05) is 0 Å². The van der Waals surface area contributed by atoms with Gasteiger partial charge in [-0.05, 0) is 46.2 Å². The van der Waals surface area contributed by atoms with Crippen LogP contribution in [0.2, 0.25) is 0 Å². The number of hydrogen-bond acceptors (Lipinski definition) is 2. The van der Waals surface area contributed by atoms with E-state index in [9.17, 15) is 0 Å². The summed E-state index contributed by atoms with van der Waals surface area (Å²) in [6.07, 6.45) is 9.49. The first-order valence-electron chi connectivity index (χ1n) is 7.67. The predicted molar refractivity (Wildman–Crippen MR) is 76.5 cm³/mol. The molecule has 3 atom stereocenters. The summed E-state index contributed by atoms with van der Waals surface area (Å²) >= 11 is 0. The normalized spacial score (nSPS) is 26.5. The van der Waals surface area contributed by atoms with Crippen LogP contribution in [-0.4, -0.2) is 36.6 Å². The molecule has 1 heterocycles. The summed E-state index contributed by atoms with van der Waals surface area (Å²) in [6, 6.07) is 2.17. The van der Waals surface area contributed by atoms with E-state index in [-0.39, 0.29) is 0 Å². The number of likely N-dealkylation sites (N-methyl/N-ethyl adjacent to an activating group) is 1. The highest BCUT2D eigenvalue weighted by molar-refractivity contribution is 4.86. The van der Waals surface area contributed by atoms with E-state index in [1.165, 1.54) is 51.5 Å². The summed E-state index contributed by atoms with van der Waals surface area (Å²) in [6.45, 7) is 8.37. The first-order valence-corrected chi connectivity index (χ1v) is 7.67. The number of hydrogen-bond donors (Lipinski definition) is 1. The second kappa shape index (κ2) is 8.10. The van der Waals surface area contributed by atoms with E-state index < -0.39 is 0 Å². The third-order valence-electron chi connectivity index (χ3n) is 4.38. The van der Waals surface area contributed by atoms with Gasteiger partial charge in [0, 0.05) is 18.1 Å². The Hall–Kier alpha value is -0.0800. The number of nitrogens with one attached hydrogen (secondary N) is 1. The Kier molecular flexibility index (Phi) is 7.14. The standard InChI is InChI=1S/C15H32N2/c1-5-10-14(16-4)15(6-2)17-12-9-7-8-11-13(17)3/h13-16H,5-12H2,1-4H3. The molecule has 0 aromatic heterocycles. The van der Waals surface area contributed by atoms with Gasteiger partial charge >= 0.3 is 0 Å². The van der Waals surface area contributed by atoms with Crippen LogP contribution in [0.15, 0.2) is 0 Å². The maximum Gasteiger partial charge on any atom is 0.0249 e. The van der Waals surface area contributed by atoms with Crippen LogP contribution in [0.3, 0.4) is 0 Å². The molecule has 0 spiro atoms. The Bertz CT molecular complexity index is 193. The number of rotatable bonds is 6. The van der Waals surface area contributed by atoms with Gasteiger partial charge in [-0.2, -0.15) is 0 Å². The minimum Gasteiger partial charge on any atom is -0.315 e. The van der Waals surface area contributed by atoms with Gasteiger partial charge in [0.25, 0.3) is 0 Å². The first-order chi connectivity index (χ1) is 8.24. The van der Waals surface area contributed by atoms with Crippen molar-refractivity contribution in [3.63, 3.8) is 0 Å². The van der Waals surface area contributed by atoms with Crippen molar-refractivity contribution < 1.29 is 0 Å². The van der Waals surface area contributed by atoms with Crippen molar-refractivity contribution in [3.8, 4) is 0 Å². The minimum atomic E-state index is 0.672. The van der Waals surface area contributed by atoms with E-state index in [2.05, 4.69) is 38.0 Å². The average Bonchev–Trinajstić information content (AvgIpc) is 2.55. The van der Waals surface area contributed by atoms with Gasteiger partial charge in [0.2, 0.25) is 0 Å². The quantitative estimate of drug-likeness (QED) is 0.765. The Morgan fingerprint density at radius 2 is 2.00 bits per heavy atom. The van der Waals surface area contributed by atoms with E-state index in [4.69, 9.17) is 0 Å². The molecule has 1 rings (SSSR count). The van der Waals surface area contributed by atoms with Crippen LogP contribution in [0.25, 0.3) is 0 Å². The zero-order valence-corrected chi connectivity index (χ0v) is 12.3. The average molecular weight is 240 g/mol. The van der Waals surface area contributed by atoms with Crippen LogP contribution in [0.4, 0.5) is 0 Å². The molecule has 0 aromatic rings. The Morgan fingerprint density at radius 1 is 1.24 bits per heavy atom. The SMILES string of the molecule is CCCC(NC)C(CC)N1CCCCCC1C. The lowest BCUT2D eigenvalue weighted by atomic mass is 9.97. The zero-order chi connectivity index (χ0) is 12.7. The summed E-state index contributed by atoms with van der Waals surface area (Å²) in [5, 5.41) is 3.55. The van der Waals surface area contributed by atoms with Gasteiger partial charge in [-0.15, -0.1) is 0 Å². The maximum atomic E-state index is 3.55. The van der Waals surface area contributed by atoms with Crippen molar-refractivity contribution in [3.05, 3.63) is 0 Å².